The number of rotatable bonds is 3. The van der Waals surface area contributed by atoms with Crippen LogP contribution in [0.3, 0.4) is 0 Å². The zero-order chi connectivity index (χ0) is 10.7. The van der Waals surface area contributed by atoms with Crippen LogP contribution in [-0.4, -0.2) is 0 Å². The van der Waals surface area contributed by atoms with E-state index in [1.165, 1.54) is 5.56 Å². The van der Waals surface area contributed by atoms with Crippen molar-refractivity contribution < 1.29 is 0 Å². The summed E-state index contributed by atoms with van der Waals surface area (Å²) < 4.78 is 0.994. The summed E-state index contributed by atoms with van der Waals surface area (Å²) in [5.41, 5.74) is 2.24. The summed E-state index contributed by atoms with van der Waals surface area (Å²) in [7, 11) is 0. The lowest BCUT2D eigenvalue weighted by Crippen LogP contribution is -1.98. The van der Waals surface area contributed by atoms with Crippen LogP contribution in [0, 0.1) is 0 Å². The summed E-state index contributed by atoms with van der Waals surface area (Å²) >= 11 is 11.2. The van der Waals surface area contributed by atoms with E-state index in [1.54, 1.807) is 11.3 Å². The number of thiophene rings is 1. The van der Waals surface area contributed by atoms with Crippen molar-refractivity contribution in [1.82, 2.24) is 0 Å². The maximum absolute atomic E-state index is 6.08. The zero-order valence-electron chi connectivity index (χ0n) is 7.84. The van der Waals surface area contributed by atoms with Crippen molar-refractivity contribution in [2.45, 2.75) is 6.54 Å². The second-order valence-corrected chi connectivity index (χ2v) is 5.21. The predicted octanol–water partition coefficient (Wildman–Crippen LogP) is 4.78. The number of nitrogens with one attached hydrogen (secondary N) is 1. The third kappa shape index (κ3) is 2.97. The Bertz CT molecular complexity index is 442. The van der Waals surface area contributed by atoms with Gasteiger partial charge in [-0.15, -0.1) is 0 Å². The Hall–Kier alpha value is -0.510. The lowest BCUT2D eigenvalue weighted by Gasteiger charge is -2.07. The Morgan fingerprint density at radius 3 is 2.87 bits per heavy atom. The summed E-state index contributed by atoms with van der Waals surface area (Å²) in [4.78, 5) is 0. The highest BCUT2D eigenvalue weighted by molar-refractivity contribution is 9.10. The van der Waals surface area contributed by atoms with Gasteiger partial charge in [-0.3, -0.25) is 0 Å². The van der Waals surface area contributed by atoms with Gasteiger partial charge in [0.15, 0.2) is 0 Å². The summed E-state index contributed by atoms with van der Waals surface area (Å²) in [6.07, 6.45) is 0. The summed E-state index contributed by atoms with van der Waals surface area (Å²) in [6.45, 7) is 0.810. The molecule has 1 nitrogen and oxygen atoms in total. The largest absolute Gasteiger partial charge is 0.380 e. The van der Waals surface area contributed by atoms with Crippen molar-refractivity contribution in [2.24, 2.45) is 0 Å². The molecule has 0 aliphatic heterocycles. The molecule has 0 fully saturated rings. The molecule has 2 aromatic rings. The minimum atomic E-state index is 0.736. The van der Waals surface area contributed by atoms with Crippen molar-refractivity contribution in [2.75, 3.05) is 5.32 Å². The third-order valence-electron chi connectivity index (χ3n) is 1.99. The number of hydrogen-bond acceptors (Lipinski definition) is 2. The highest BCUT2D eigenvalue weighted by Gasteiger charge is 2.00. The Morgan fingerprint density at radius 1 is 1.33 bits per heavy atom. The van der Waals surface area contributed by atoms with Crippen LogP contribution in [0.1, 0.15) is 5.56 Å². The first-order valence-electron chi connectivity index (χ1n) is 4.46. The van der Waals surface area contributed by atoms with Crippen LogP contribution in [0.5, 0.6) is 0 Å². The van der Waals surface area contributed by atoms with Gasteiger partial charge in [0.05, 0.1) is 10.7 Å². The Labute approximate surface area is 106 Å². The van der Waals surface area contributed by atoms with Crippen molar-refractivity contribution in [1.29, 1.82) is 0 Å². The molecule has 15 heavy (non-hydrogen) atoms. The highest BCUT2D eigenvalue weighted by atomic mass is 79.9. The number of benzene rings is 1. The maximum atomic E-state index is 6.08. The molecule has 1 aromatic carbocycles. The minimum Gasteiger partial charge on any atom is -0.380 e. The van der Waals surface area contributed by atoms with E-state index in [0.717, 1.165) is 21.7 Å². The fraction of sp³-hybridized carbons (Fsp3) is 0.0909. The Morgan fingerprint density at radius 2 is 2.20 bits per heavy atom. The van der Waals surface area contributed by atoms with E-state index >= 15 is 0 Å². The van der Waals surface area contributed by atoms with Gasteiger partial charge in [-0.1, -0.05) is 27.5 Å². The van der Waals surface area contributed by atoms with E-state index in [2.05, 4.69) is 38.1 Å². The van der Waals surface area contributed by atoms with Gasteiger partial charge >= 0.3 is 0 Å². The molecule has 78 valence electrons. The summed E-state index contributed by atoms with van der Waals surface area (Å²) in [5.74, 6) is 0. The molecule has 0 saturated heterocycles. The first kappa shape index (κ1) is 11.0. The van der Waals surface area contributed by atoms with Gasteiger partial charge in [0, 0.05) is 11.0 Å². The molecule has 0 radical (unpaired) electrons. The van der Waals surface area contributed by atoms with E-state index < -0.39 is 0 Å². The monoisotopic (exact) mass is 301 g/mol. The second kappa shape index (κ2) is 5.01. The van der Waals surface area contributed by atoms with Crippen LogP contribution < -0.4 is 5.32 Å². The molecule has 0 bridgehead atoms. The molecule has 0 aliphatic rings. The smallest absolute Gasteiger partial charge is 0.0648 e. The quantitative estimate of drug-likeness (QED) is 0.860. The van der Waals surface area contributed by atoms with E-state index in [-0.39, 0.29) is 0 Å². The standard InChI is InChI=1S/C11H9BrClNS/c12-9-1-2-11(10(13)5-9)14-6-8-3-4-15-7-8/h1-5,7,14H,6H2. The van der Waals surface area contributed by atoms with Gasteiger partial charge < -0.3 is 5.32 Å². The predicted molar refractivity (Wildman–Crippen MR) is 70.8 cm³/mol. The molecule has 1 aromatic heterocycles. The molecule has 0 unspecified atom stereocenters. The fourth-order valence-electron chi connectivity index (χ4n) is 1.22. The normalized spacial score (nSPS) is 10.3. The lowest BCUT2D eigenvalue weighted by atomic mass is 10.3. The van der Waals surface area contributed by atoms with Crippen molar-refractivity contribution in [3.8, 4) is 0 Å². The first-order valence-corrected chi connectivity index (χ1v) is 6.57. The van der Waals surface area contributed by atoms with Crippen LogP contribution in [0.4, 0.5) is 5.69 Å². The number of anilines is 1. The number of hydrogen-bond donors (Lipinski definition) is 1. The van der Waals surface area contributed by atoms with Crippen molar-refractivity contribution in [3.63, 3.8) is 0 Å². The molecule has 1 N–H and O–H groups in total. The molecule has 2 rings (SSSR count). The molecule has 0 aliphatic carbocycles. The average Bonchev–Trinajstić information content (AvgIpc) is 2.69. The van der Waals surface area contributed by atoms with E-state index in [0.29, 0.717) is 0 Å². The first-order chi connectivity index (χ1) is 7.25. The third-order valence-corrected chi connectivity index (χ3v) is 3.53. The zero-order valence-corrected chi connectivity index (χ0v) is 11.0. The molecule has 0 spiro atoms. The Kier molecular flexibility index (Phi) is 3.67. The van der Waals surface area contributed by atoms with Crippen LogP contribution in [-0.2, 0) is 6.54 Å². The average molecular weight is 303 g/mol. The molecule has 1 heterocycles. The van der Waals surface area contributed by atoms with Crippen molar-refractivity contribution in [3.05, 3.63) is 50.1 Å². The molecule has 4 heteroatoms. The molecular formula is C11H9BrClNS. The minimum absolute atomic E-state index is 0.736. The van der Waals surface area contributed by atoms with E-state index in [9.17, 15) is 0 Å². The van der Waals surface area contributed by atoms with Gasteiger partial charge in [-0.25, -0.2) is 0 Å². The fourth-order valence-corrected chi connectivity index (χ4v) is 2.63. The van der Waals surface area contributed by atoms with Gasteiger partial charge in [0.25, 0.3) is 0 Å². The van der Waals surface area contributed by atoms with Crippen LogP contribution in [0.15, 0.2) is 39.5 Å². The van der Waals surface area contributed by atoms with E-state index in [1.807, 2.05) is 18.2 Å². The highest BCUT2D eigenvalue weighted by Crippen LogP contribution is 2.26. The van der Waals surface area contributed by atoms with Crippen LogP contribution in [0.2, 0.25) is 5.02 Å². The topological polar surface area (TPSA) is 12.0 Å². The maximum Gasteiger partial charge on any atom is 0.0648 e. The van der Waals surface area contributed by atoms with Gasteiger partial charge in [0.1, 0.15) is 0 Å². The van der Waals surface area contributed by atoms with E-state index in [4.69, 9.17) is 11.6 Å². The van der Waals surface area contributed by atoms with Gasteiger partial charge in [-0.05, 0) is 40.6 Å². The molecular weight excluding hydrogens is 294 g/mol. The lowest BCUT2D eigenvalue weighted by molar-refractivity contribution is 1.16. The molecule has 0 atom stereocenters. The molecule has 0 saturated carbocycles. The van der Waals surface area contributed by atoms with Crippen LogP contribution >= 0.6 is 38.9 Å². The summed E-state index contributed by atoms with van der Waals surface area (Å²) in [6, 6.07) is 7.93. The van der Waals surface area contributed by atoms with Crippen molar-refractivity contribution >= 4 is 44.6 Å². The number of halogens is 2. The van der Waals surface area contributed by atoms with Crippen LogP contribution in [0.25, 0.3) is 0 Å². The SMILES string of the molecule is Clc1cc(Br)ccc1NCc1ccsc1. The summed E-state index contributed by atoms with van der Waals surface area (Å²) in [5, 5.41) is 8.23. The van der Waals surface area contributed by atoms with Gasteiger partial charge in [0.2, 0.25) is 0 Å². The Balaban J connectivity index is 2.05. The second-order valence-electron chi connectivity index (χ2n) is 3.11. The molecule has 0 amide bonds. The van der Waals surface area contributed by atoms with Gasteiger partial charge in [-0.2, -0.15) is 11.3 Å².